The molecule has 3 aromatic heterocycles. The average Bonchev–Trinajstić information content (AvgIpc) is 3.30. The number of pyridine rings is 1. The fraction of sp³-hybridized carbons (Fsp3) is 0.261. The van der Waals surface area contributed by atoms with Gasteiger partial charge in [-0.1, -0.05) is 25.4 Å². The lowest BCUT2D eigenvalue weighted by molar-refractivity contribution is 0.0939. The summed E-state index contributed by atoms with van der Waals surface area (Å²) in [5.74, 6) is 0.478. The molecule has 0 aliphatic heterocycles. The fourth-order valence-corrected chi connectivity index (χ4v) is 3.70. The molecule has 0 fully saturated rings. The van der Waals surface area contributed by atoms with E-state index in [-0.39, 0.29) is 17.9 Å². The number of halogens is 1. The molecular formula is C23H23ClN8O. The number of hydrogen-bond donors (Lipinski definition) is 1. The lowest BCUT2D eigenvalue weighted by atomic mass is 10.0. The van der Waals surface area contributed by atoms with E-state index in [0.29, 0.717) is 39.0 Å². The summed E-state index contributed by atoms with van der Waals surface area (Å²) in [7, 11) is 0. The lowest BCUT2D eigenvalue weighted by Crippen LogP contribution is -2.27. The van der Waals surface area contributed by atoms with Gasteiger partial charge in [-0.3, -0.25) is 19.7 Å². The third-order valence-corrected chi connectivity index (χ3v) is 5.35. The number of nitrogens with zero attached hydrogens (tertiary/aromatic N) is 7. The fourth-order valence-electron chi connectivity index (χ4n) is 3.37. The Morgan fingerprint density at radius 3 is 2.58 bits per heavy atom. The molecule has 0 saturated carbocycles. The Labute approximate surface area is 196 Å². The van der Waals surface area contributed by atoms with E-state index in [1.165, 1.54) is 0 Å². The Bertz CT molecular complexity index is 1290. The van der Waals surface area contributed by atoms with E-state index in [2.05, 4.69) is 35.8 Å². The van der Waals surface area contributed by atoms with E-state index in [1.54, 1.807) is 41.6 Å². The van der Waals surface area contributed by atoms with E-state index in [0.717, 1.165) is 5.56 Å². The average molecular weight is 463 g/mol. The van der Waals surface area contributed by atoms with Gasteiger partial charge in [-0.05, 0) is 54.1 Å². The van der Waals surface area contributed by atoms with Gasteiger partial charge in [0.1, 0.15) is 0 Å². The number of carbonyl (C=O) groups excluding carboxylic acids is 1. The lowest BCUT2D eigenvalue weighted by Gasteiger charge is -2.15. The summed E-state index contributed by atoms with van der Waals surface area (Å²) in [6, 6.07) is 6.87. The smallest absolute Gasteiger partial charge is 0.251 e. The first-order valence-corrected chi connectivity index (χ1v) is 10.8. The number of nitrogens with one attached hydrogen (secondary N) is 1. The van der Waals surface area contributed by atoms with Gasteiger partial charge in [-0.15, -0.1) is 5.10 Å². The van der Waals surface area contributed by atoms with Crippen LogP contribution in [-0.4, -0.2) is 41.1 Å². The highest BCUT2D eigenvalue weighted by molar-refractivity contribution is 6.33. The third kappa shape index (κ3) is 4.88. The monoisotopic (exact) mass is 462 g/mol. The molecule has 4 aromatic rings. The third-order valence-electron chi connectivity index (χ3n) is 5.06. The Hall–Kier alpha value is -3.72. The molecule has 1 atom stereocenters. The van der Waals surface area contributed by atoms with Gasteiger partial charge < -0.3 is 5.32 Å². The predicted octanol–water partition coefficient (Wildman–Crippen LogP) is 4.09. The zero-order valence-corrected chi connectivity index (χ0v) is 19.4. The number of rotatable bonds is 6. The molecule has 1 unspecified atom stereocenters. The zero-order chi connectivity index (χ0) is 23.5. The first-order chi connectivity index (χ1) is 15.8. The van der Waals surface area contributed by atoms with Crippen molar-refractivity contribution < 1.29 is 4.79 Å². The molecule has 1 N–H and O–H groups in total. The van der Waals surface area contributed by atoms with Crippen LogP contribution in [0.25, 0.3) is 16.9 Å². The van der Waals surface area contributed by atoms with Crippen molar-refractivity contribution in [3.05, 3.63) is 76.7 Å². The Balaban J connectivity index is 1.79. The van der Waals surface area contributed by atoms with Crippen LogP contribution < -0.4 is 5.32 Å². The second-order valence-electron chi connectivity index (χ2n) is 8.04. The molecule has 0 aliphatic carbocycles. The topological polar surface area (TPSA) is 111 Å². The van der Waals surface area contributed by atoms with E-state index < -0.39 is 0 Å². The first kappa shape index (κ1) is 22.5. The highest BCUT2D eigenvalue weighted by Gasteiger charge is 2.19. The quantitative estimate of drug-likeness (QED) is 0.459. The van der Waals surface area contributed by atoms with Gasteiger partial charge in [0.05, 0.1) is 34.3 Å². The molecule has 0 radical (unpaired) electrons. The Morgan fingerprint density at radius 1 is 1.06 bits per heavy atom. The standard InChI is InChI=1S/C23H23ClN8O/c1-13(2)22-29-30-31-32(22)18-9-16(21-19(24)7-14(3)11-27-21)8-17(10-18)23(33)28-15(4)20-12-25-5-6-26-20/h5-13,15H,1-4H3,(H,28,33). The number of hydrogen-bond acceptors (Lipinski definition) is 7. The first-order valence-electron chi connectivity index (χ1n) is 10.5. The van der Waals surface area contributed by atoms with Gasteiger partial charge in [0.2, 0.25) is 0 Å². The van der Waals surface area contributed by atoms with Crippen molar-refractivity contribution in [2.75, 3.05) is 0 Å². The van der Waals surface area contributed by atoms with Crippen LogP contribution in [0.15, 0.2) is 49.1 Å². The summed E-state index contributed by atoms with van der Waals surface area (Å²) < 4.78 is 1.62. The second kappa shape index (κ2) is 9.41. The van der Waals surface area contributed by atoms with E-state index in [4.69, 9.17) is 11.6 Å². The van der Waals surface area contributed by atoms with E-state index in [9.17, 15) is 4.79 Å². The second-order valence-corrected chi connectivity index (χ2v) is 8.45. The molecule has 168 valence electrons. The van der Waals surface area contributed by atoms with Gasteiger partial charge >= 0.3 is 0 Å². The molecular weight excluding hydrogens is 440 g/mol. The highest BCUT2D eigenvalue weighted by Crippen LogP contribution is 2.30. The summed E-state index contributed by atoms with van der Waals surface area (Å²) >= 11 is 6.49. The molecule has 0 aliphatic rings. The number of aromatic nitrogens is 7. The Kier molecular flexibility index (Phi) is 6.41. The summed E-state index contributed by atoms with van der Waals surface area (Å²) in [5.41, 5.74) is 3.91. The molecule has 9 nitrogen and oxygen atoms in total. The molecule has 3 heterocycles. The summed E-state index contributed by atoms with van der Waals surface area (Å²) in [5, 5.41) is 15.6. The van der Waals surface area contributed by atoms with Crippen LogP contribution in [0.3, 0.4) is 0 Å². The highest BCUT2D eigenvalue weighted by atomic mass is 35.5. The maximum absolute atomic E-state index is 13.2. The van der Waals surface area contributed by atoms with Crippen LogP contribution >= 0.6 is 11.6 Å². The molecule has 0 bridgehead atoms. The van der Waals surface area contributed by atoms with Gasteiger partial charge in [0.15, 0.2) is 5.82 Å². The van der Waals surface area contributed by atoms with Crippen LogP contribution in [-0.2, 0) is 0 Å². The van der Waals surface area contributed by atoms with Gasteiger partial charge in [0, 0.05) is 35.6 Å². The number of benzene rings is 1. The van der Waals surface area contributed by atoms with Gasteiger partial charge in [0.25, 0.3) is 5.91 Å². The number of aryl methyl sites for hydroxylation is 1. The molecule has 0 spiro atoms. The molecule has 0 saturated heterocycles. The normalized spacial score (nSPS) is 12.1. The van der Waals surface area contributed by atoms with Crippen molar-refractivity contribution in [2.24, 2.45) is 0 Å². The summed E-state index contributed by atoms with van der Waals surface area (Å²) in [6.07, 6.45) is 6.54. The predicted molar refractivity (Wildman–Crippen MR) is 124 cm³/mol. The van der Waals surface area contributed by atoms with E-state index in [1.807, 2.05) is 39.8 Å². The SMILES string of the molecule is Cc1cnc(-c2cc(C(=O)NC(C)c3cnccn3)cc(-n3nnnc3C(C)C)c2)c(Cl)c1. The maximum Gasteiger partial charge on any atom is 0.251 e. The van der Waals surface area contributed by atoms with Crippen molar-refractivity contribution in [2.45, 2.75) is 39.7 Å². The van der Waals surface area contributed by atoms with Gasteiger partial charge in [-0.2, -0.15) is 4.68 Å². The van der Waals surface area contributed by atoms with Crippen molar-refractivity contribution in [1.82, 2.24) is 40.5 Å². The minimum atomic E-state index is -0.335. The molecule has 4 rings (SSSR count). The zero-order valence-electron chi connectivity index (χ0n) is 18.7. The van der Waals surface area contributed by atoms with Gasteiger partial charge in [-0.25, -0.2) is 0 Å². The molecule has 1 aromatic carbocycles. The molecule has 33 heavy (non-hydrogen) atoms. The largest absolute Gasteiger partial charge is 0.344 e. The number of tetrazole rings is 1. The van der Waals surface area contributed by atoms with Crippen molar-refractivity contribution in [1.29, 1.82) is 0 Å². The summed E-state index contributed by atoms with van der Waals surface area (Å²) in [6.45, 7) is 7.77. The van der Waals surface area contributed by atoms with Crippen LogP contribution in [0.4, 0.5) is 0 Å². The van der Waals surface area contributed by atoms with Crippen molar-refractivity contribution >= 4 is 17.5 Å². The van der Waals surface area contributed by atoms with Crippen LogP contribution in [0.1, 0.15) is 60.2 Å². The minimum absolute atomic E-state index is 0.0821. The van der Waals surface area contributed by atoms with E-state index >= 15 is 0 Å². The van der Waals surface area contributed by atoms with Crippen molar-refractivity contribution in [3.8, 4) is 16.9 Å². The van der Waals surface area contributed by atoms with Crippen molar-refractivity contribution in [3.63, 3.8) is 0 Å². The number of carbonyl (C=O) groups is 1. The molecule has 1 amide bonds. The minimum Gasteiger partial charge on any atom is -0.344 e. The van der Waals surface area contributed by atoms with Crippen LogP contribution in [0.2, 0.25) is 5.02 Å². The number of amides is 1. The maximum atomic E-state index is 13.2. The van der Waals surface area contributed by atoms with Crippen LogP contribution in [0, 0.1) is 6.92 Å². The molecule has 10 heteroatoms. The Morgan fingerprint density at radius 2 is 1.88 bits per heavy atom. The summed E-state index contributed by atoms with van der Waals surface area (Å²) in [4.78, 5) is 26.0. The van der Waals surface area contributed by atoms with Crippen LogP contribution in [0.5, 0.6) is 0 Å².